The van der Waals surface area contributed by atoms with E-state index in [1.807, 2.05) is 38.3 Å². The van der Waals surface area contributed by atoms with E-state index in [0.29, 0.717) is 13.1 Å². The molecule has 98 valence electrons. The van der Waals surface area contributed by atoms with Crippen LogP contribution < -0.4 is 5.32 Å². The molecule has 0 fully saturated rings. The SMILES string of the molecule is Cc1noc(C)c1CNCC(C)(O)c1cccs1. The Bertz CT molecular complexity index is 484. The van der Waals surface area contributed by atoms with Gasteiger partial charge in [0.15, 0.2) is 0 Å². The van der Waals surface area contributed by atoms with Gasteiger partial charge in [0.05, 0.1) is 5.69 Å². The van der Waals surface area contributed by atoms with E-state index in [-0.39, 0.29) is 0 Å². The fourth-order valence-electron chi connectivity index (χ4n) is 1.86. The molecule has 1 atom stereocenters. The summed E-state index contributed by atoms with van der Waals surface area (Å²) in [5, 5.41) is 19.5. The van der Waals surface area contributed by atoms with Crippen LogP contribution in [0.1, 0.15) is 28.8 Å². The van der Waals surface area contributed by atoms with Crippen LogP contribution in [-0.2, 0) is 12.1 Å². The summed E-state index contributed by atoms with van der Waals surface area (Å²) in [7, 11) is 0. The van der Waals surface area contributed by atoms with Crippen molar-refractivity contribution in [1.82, 2.24) is 10.5 Å². The second-order valence-corrected chi connectivity index (χ2v) is 5.61. The summed E-state index contributed by atoms with van der Waals surface area (Å²) in [6.45, 7) is 6.79. The topological polar surface area (TPSA) is 58.3 Å². The van der Waals surface area contributed by atoms with Gasteiger partial charge in [-0.15, -0.1) is 11.3 Å². The maximum atomic E-state index is 10.4. The van der Waals surface area contributed by atoms with Gasteiger partial charge in [-0.1, -0.05) is 11.2 Å². The first-order chi connectivity index (χ1) is 8.50. The zero-order valence-corrected chi connectivity index (χ0v) is 11.7. The monoisotopic (exact) mass is 266 g/mol. The van der Waals surface area contributed by atoms with E-state index in [1.54, 1.807) is 11.3 Å². The van der Waals surface area contributed by atoms with Crippen LogP contribution in [0.15, 0.2) is 22.0 Å². The van der Waals surface area contributed by atoms with Crippen LogP contribution in [0.4, 0.5) is 0 Å². The molecule has 0 spiro atoms. The van der Waals surface area contributed by atoms with Crippen LogP contribution in [0.5, 0.6) is 0 Å². The molecule has 4 nitrogen and oxygen atoms in total. The highest BCUT2D eigenvalue weighted by Crippen LogP contribution is 2.24. The number of thiophene rings is 1. The van der Waals surface area contributed by atoms with Crippen molar-refractivity contribution in [3.8, 4) is 0 Å². The molecular formula is C13H18N2O2S. The van der Waals surface area contributed by atoms with E-state index >= 15 is 0 Å². The minimum absolute atomic E-state index is 0.498. The number of rotatable bonds is 5. The lowest BCUT2D eigenvalue weighted by atomic mass is 10.1. The number of aliphatic hydroxyl groups is 1. The van der Waals surface area contributed by atoms with Crippen LogP contribution in [-0.4, -0.2) is 16.8 Å². The average molecular weight is 266 g/mol. The first-order valence-corrected chi connectivity index (χ1v) is 6.77. The smallest absolute Gasteiger partial charge is 0.138 e. The third-order valence-electron chi connectivity index (χ3n) is 3.00. The minimum Gasteiger partial charge on any atom is -0.383 e. The van der Waals surface area contributed by atoms with Crippen LogP contribution in [0, 0.1) is 13.8 Å². The van der Waals surface area contributed by atoms with Gasteiger partial charge in [-0.2, -0.15) is 0 Å². The number of nitrogens with zero attached hydrogens (tertiary/aromatic N) is 1. The van der Waals surface area contributed by atoms with E-state index in [4.69, 9.17) is 4.52 Å². The maximum Gasteiger partial charge on any atom is 0.138 e. The number of nitrogens with one attached hydrogen (secondary N) is 1. The van der Waals surface area contributed by atoms with Gasteiger partial charge in [0.2, 0.25) is 0 Å². The molecule has 18 heavy (non-hydrogen) atoms. The molecule has 1 unspecified atom stereocenters. The Labute approximate surface area is 111 Å². The van der Waals surface area contributed by atoms with Gasteiger partial charge in [-0.3, -0.25) is 0 Å². The van der Waals surface area contributed by atoms with Crippen molar-refractivity contribution in [3.05, 3.63) is 39.4 Å². The molecule has 0 bridgehead atoms. The highest BCUT2D eigenvalue weighted by atomic mass is 32.1. The zero-order valence-electron chi connectivity index (χ0n) is 10.9. The summed E-state index contributed by atoms with van der Waals surface area (Å²) < 4.78 is 5.10. The quantitative estimate of drug-likeness (QED) is 0.872. The molecule has 2 aromatic heterocycles. The highest BCUT2D eigenvalue weighted by Gasteiger charge is 2.23. The maximum absolute atomic E-state index is 10.4. The molecule has 0 amide bonds. The molecule has 0 aliphatic carbocycles. The van der Waals surface area contributed by atoms with Crippen LogP contribution in [0.3, 0.4) is 0 Å². The van der Waals surface area contributed by atoms with Gasteiger partial charge in [0.25, 0.3) is 0 Å². The third kappa shape index (κ3) is 2.80. The predicted octanol–water partition coefficient (Wildman–Crippen LogP) is 2.35. The molecule has 2 N–H and O–H groups in total. The standard InChI is InChI=1S/C13H18N2O2S/c1-9-11(10(2)17-15-9)7-14-8-13(3,16)12-5-4-6-18-12/h4-6,14,16H,7-8H2,1-3H3. The van der Waals surface area contributed by atoms with Gasteiger partial charge >= 0.3 is 0 Å². The van der Waals surface area contributed by atoms with Gasteiger partial charge in [0.1, 0.15) is 11.4 Å². The van der Waals surface area contributed by atoms with Gasteiger partial charge in [-0.25, -0.2) is 0 Å². The molecule has 0 saturated carbocycles. The molecule has 0 aliphatic rings. The average Bonchev–Trinajstić information content (AvgIpc) is 2.93. The summed E-state index contributed by atoms with van der Waals surface area (Å²) in [5.41, 5.74) is 1.13. The number of aryl methyl sites for hydroxylation is 2. The second-order valence-electron chi connectivity index (χ2n) is 4.66. The molecule has 0 aliphatic heterocycles. The van der Waals surface area contributed by atoms with Crippen molar-refractivity contribution in [2.75, 3.05) is 6.54 Å². The van der Waals surface area contributed by atoms with Crippen LogP contribution >= 0.6 is 11.3 Å². The van der Waals surface area contributed by atoms with Crippen molar-refractivity contribution in [1.29, 1.82) is 0 Å². The zero-order chi connectivity index (χ0) is 13.2. The number of hydrogen-bond donors (Lipinski definition) is 2. The number of hydrogen-bond acceptors (Lipinski definition) is 5. The van der Waals surface area contributed by atoms with E-state index in [9.17, 15) is 5.11 Å². The fourth-order valence-corrected chi connectivity index (χ4v) is 2.64. The van der Waals surface area contributed by atoms with Gasteiger partial charge in [0, 0.05) is 23.5 Å². The first-order valence-electron chi connectivity index (χ1n) is 5.89. The Morgan fingerprint density at radius 2 is 2.28 bits per heavy atom. The van der Waals surface area contributed by atoms with Crippen molar-refractivity contribution >= 4 is 11.3 Å². The normalized spacial score (nSPS) is 14.7. The summed E-state index contributed by atoms with van der Waals surface area (Å²) >= 11 is 1.56. The van der Waals surface area contributed by atoms with Crippen molar-refractivity contribution in [3.63, 3.8) is 0 Å². The fraction of sp³-hybridized carbons (Fsp3) is 0.462. The van der Waals surface area contributed by atoms with Crippen molar-refractivity contribution < 1.29 is 9.63 Å². The summed E-state index contributed by atoms with van der Waals surface area (Å²) in [6.07, 6.45) is 0. The van der Waals surface area contributed by atoms with Crippen molar-refractivity contribution in [2.45, 2.75) is 32.9 Å². The second kappa shape index (κ2) is 5.22. The van der Waals surface area contributed by atoms with Gasteiger partial charge in [-0.05, 0) is 32.2 Å². The minimum atomic E-state index is -0.840. The molecule has 5 heteroatoms. The van der Waals surface area contributed by atoms with Crippen molar-refractivity contribution in [2.24, 2.45) is 0 Å². The Morgan fingerprint density at radius 3 is 2.83 bits per heavy atom. The molecular weight excluding hydrogens is 248 g/mol. The lowest BCUT2D eigenvalue weighted by Gasteiger charge is -2.22. The molecule has 0 saturated heterocycles. The molecule has 0 aromatic carbocycles. The van der Waals surface area contributed by atoms with Crippen LogP contribution in [0.25, 0.3) is 0 Å². The van der Waals surface area contributed by atoms with E-state index in [0.717, 1.165) is 21.9 Å². The summed E-state index contributed by atoms with van der Waals surface area (Å²) in [4.78, 5) is 0.966. The number of aromatic nitrogens is 1. The Kier molecular flexibility index (Phi) is 3.85. The molecule has 0 radical (unpaired) electrons. The molecule has 2 heterocycles. The van der Waals surface area contributed by atoms with Crippen LogP contribution in [0.2, 0.25) is 0 Å². The van der Waals surface area contributed by atoms with E-state index in [1.165, 1.54) is 0 Å². The van der Waals surface area contributed by atoms with E-state index in [2.05, 4.69) is 10.5 Å². The summed E-state index contributed by atoms with van der Waals surface area (Å²) in [5.74, 6) is 0.829. The Hall–Kier alpha value is -1.17. The molecule has 2 rings (SSSR count). The summed E-state index contributed by atoms with van der Waals surface area (Å²) in [6, 6.07) is 3.89. The Balaban J connectivity index is 1.93. The first kappa shape index (κ1) is 13.3. The lowest BCUT2D eigenvalue weighted by Crippen LogP contribution is -2.34. The van der Waals surface area contributed by atoms with E-state index < -0.39 is 5.60 Å². The third-order valence-corrected chi connectivity index (χ3v) is 4.13. The van der Waals surface area contributed by atoms with Gasteiger partial charge < -0.3 is 14.9 Å². The lowest BCUT2D eigenvalue weighted by molar-refractivity contribution is 0.0604. The predicted molar refractivity (Wildman–Crippen MR) is 71.6 cm³/mol. The highest BCUT2D eigenvalue weighted by molar-refractivity contribution is 7.10. The molecule has 2 aromatic rings. The Morgan fingerprint density at radius 1 is 1.50 bits per heavy atom. The largest absolute Gasteiger partial charge is 0.383 e.